The largest absolute Gasteiger partial charge is 0.351 e. The third-order valence-corrected chi connectivity index (χ3v) is 6.72. The van der Waals surface area contributed by atoms with E-state index in [-0.39, 0.29) is 0 Å². The first-order valence-corrected chi connectivity index (χ1v) is 11.1. The molecule has 8 nitrogen and oxygen atoms in total. The number of hydrogen-bond acceptors (Lipinski definition) is 5. The predicted octanol–water partition coefficient (Wildman–Crippen LogP) is 3.62. The molecule has 2 fully saturated rings. The van der Waals surface area contributed by atoms with Crippen LogP contribution in [0.15, 0.2) is 43.0 Å². The molecule has 2 aliphatic rings. The van der Waals surface area contributed by atoms with E-state index in [1.165, 1.54) is 0 Å². The third-order valence-electron chi connectivity index (χ3n) is 6.72. The van der Waals surface area contributed by atoms with Crippen LogP contribution in [0.25, 0.3) is 27.7 Å². The number of H-pyrrole nitrogens is 1. The molecule has 5 heterocycles. The van der Waals surface area contributed by atoms with Crippen molar-refractivity contribution in [1.82, 2.24) is 29.5 Å². The van der Waals surface area contributed by atoms with E-state index in [0.29, 0.717) is 23.9 Å². The van der Waals surface area contributed by atoms with E-state index < -0.39 is 0 Å². The zero-order valence-electron chi connectivity index (χ0n) is 17.3. The Morgan fingerprint density at radius 3 is 2.90 bits per heavy atom. The zero-order valence-corrected chi connectivity index (χ0v) is 17.3. The molecule has 4 aromatic rings. The highest BCUT2D eigenvalue weighted by Gasteiger charge is 2.31. The smallest absolute Gasteiger partial charge is 0.224 e. The second kappa shape index (κ2) is 7.37. The Morgan fingerprint density at radius 1 is 1.16 bits per heavy atom. The molecule has 4 aromatic heterocycles. The molecule has 8 heteroatoms. The summed E-state index contributed by atoms with van der Waals surface area (Å²) in [4.78, 5) is 26.7. The molecule has 0 aromatic carbocycles. The third kappa shape index (κ3) is 3.32. The van der Waals surface area contributed by atoms with E-state index in [0.717, 1.165) is 72.7 Å². The van der Waals surface area contributed by atoms with Gasteiger partial charge in [0.25, 0.3) is 0 Å². The van der Waals surface area contributed by atoms with Crippen molar-refractivity contribution in [1.29, 1.82) is 0 Å². The van der Waals surface area contributed by atoms with Crippen molar-refractivity contribution in [3.05, 3.63) is 43.0 Å². The Labute approximate surface area is 179 Å². The number of carbonyl (C=O) groups excluding carboxylic acids is 1. The van der Waals surface area contributed by atoms with Crippen LogP contribution in [0.3, 0.4) is 0 Å². The van der Waals surface area contributed by atoms with Crippen molar-refractivity contribution in [3.8, 4) is 11.1 Å². The molecule has 2 N–H and O–H groups in total. The van der Waals surface area contributed by atoms with Crippen LogP contribution in [0, 0.1) is 0 Å². The summed E-state index contributed by atoms with van der Waals surface area (Å²) in [5.74, 6) is 0.993. The summed E-state index contributed by atoms with van der Waals surface area (Å²) < 4.78 is 1.85. The summed E-state index contributed by atoms with van der Waals surface area (Å²) in [7, 11) is 0. The lowest BCUT2D eigenvalue weighted by atomic mass is 9.90. The Kier molecular flexibility index (Phi) is 4.36. The first-order chi connectivity index (χ1) is 15.2. The van der Waals surface area contributed by atoms with Gasteiger partial charge in [-0.3, -0.25) is 4.79 Å². The number of aromatic nitrogens is 5. The average Bonchev–Trinajstić information content (AvgIpc) is 3.53. The molecule has 1 aliphatic carbocycles. The van der Waals surface area contributed by atoms with Crippen LogP contribution < -0.4 is 5.32 Å². The van der Waals surface area contributed by atoms with Crippen molar-refractivity contribution in [3.63, 3.8) is 0 Å². The van der Waals surface area contributed by atoms with Crippen molar-refractivity contribution in [2.75, 3.05) is 11.9 Å². The summed E-state index contributed by atoms with van der Waals surface area (Å²) >= 11 is 0. The molecule has 158 valence electrons. The van der Waals surface area contributed by atoms with Gasteiger partial charge >= 0.3 is 0 Å². The minimum atomic E-state index is 0.333. The minimum Gasteiger partial charge on any atom is -0.351 e. The van der Waals surface area contributed by atoms with E-state index in [1.54, 1.807) is 6.20 Å². The maximum atomic E-state index is 12.0. The normalized spacial score (nSPS) is 21.9. The summed E-state index contributed by atoms with van der Waals surface area (Å²) in [6.45, 7) is 0.935. The Morgan fingerprint density at radius 2 is 2.06 bits per heavy atom. The average molecular weight is 416 g/mol. The first-order valence-electron chi connectivity index (χ1n) is 11.1. The van der Waals surface area contributed by atoms with Gasteiger partial charge in [-0.15, -0.1) is 0 Å². The number of pyridine rings is 1. The number of nitrogens with one attached hydrogen (secondary N) is 2. The Hall–Kier alpha value is -3.42. The minimum absolute atomic E-state index is 0.333. The highest BCUT2D eigenvalue weighted by molar-refractivity contribution is 5.94. The standard InChI is InChI=1S/C23H25N7O/c31-21-2-1-10-29(21)17-5-3-16(4-6-17)27-23-25-14-20-19(13-24-22(20)28-23)15-8-11-30-18(12-15)7-9-26-30/h7-9,11-14,16-17H,1-6,10H2,(H2,24,25,27,28). The number of fused-ring (bicyclic) bond motifs is 2. The van der Waals surface area contributed by atoms with Crippen LogP contribution >= 0.6 is 0 Å². The maximum absolute atomic E-state index is 12.0. The molecule has 0 unspecified atom stereocenters. The van der Waals surface area contributed by atoms with Crippen LogP contribution in [0.4, 0.5) is 5.95 Å². The molecule has 6 rings (SSSR count). The molecule has 0 atom stereocenters. The van der Waals surface area contributed by atoms with Crippen LogP contribution in [-0.2, 0) is 4.79 Å². The number of rotatable bonds is 4. The molecule has 31 heavy (non-hydrogen) atoms. The van der Waals surface area contributed by atoms with E-state index in [4.69, 9.17) is 4.98 Å². The van der Waals surface area contributed by atoms with Gasteiger partial charge in [0.1, 0.15) is 5.65 Å². The van der Waals surface area contributed by atoms with Gasteiger partial charge in [-0.2, -0.15) is 10.1 Å². The van der Waals surface area contributed by atoms with E-state index in [1.807, 2.05) is 29.2 Å². The van der Waals surface area contributed by atoms with E-state index >= 15 is 0 Å². The lowest BCUT2D eigenvalue weighted by Gasteiger charge is -2.34. The SMILES string of the molecule is O=C1CCCN1C1CCC(Nc2ncc3c(-c4ccn5nccc5c4)c[nH]c3n2)CC1. The van der Waals surface area contributed by atoms with E-state index in [2.05, 4.69) is 37.4 Å². The number of anilines is 1. The van der Waals surface area contributed by atoms with Gasteiger partial charge in [-0.1, -0.05) is 0 Å². The van der Waals surface area contributed by atoms with Crippen molar-refractivity contribution >= 4 is 28.4 Å². The van der Waals surface area contributed by atoms with Crippen LogP contribution in [-0.4, -0.2) is 54.0 Å². The highest BCUT2D eigenvalue weighted by Crippen LogP contribution is 2.30. The van der Waals surface area contributed by atoms with Crippen LogP contribution in [0.2, 0.25) is 0 Å². The Balaban J connectivity index is 1.16. The van der Waals surface area contributed by atoms with Crippen LogP contribution in [0.1, 0.15) is 38.5 Å². The molecule has 0 bridgehead atoms. The van der Waals surface area contributed by atoms with Gasteiger partial charge in [0.05, 0.1) is 5.52 Å². The fraction of sp³-hybridized carbons (Fsp3) is 0.391. The predicted molar refractivity (Wildman–Crippen MR) is 119 cm³/mol. The fourth-order valence-corrected chi connectivity index (χ4v) is 5.07. The quantitative estimate of drug-likeness (QED) is 0.531. The molecule has 1 saturated heterocycles. The number of carbonyl (C=O) groups is 1. The number of aromatic amines is 1. The van der Waals surface area contributed by atoms with Gasteiger partial charge in [0, 0.05) is 60.8 Å². The summed E-state index contributed by atoms with van der Waals surface area (Å²) in [6, 6.07) is 6.93. The highest BCUT2D eigenvalue weighted by atomic mass is 16.2. The zero-order chi connectivity index (χ0) is 20.8. The second-order valence-corrected chi connectivity index (χ2v) is 8.61. The van der Waals surface area contributed by atoms with E-state index in [9.17, 15) is 4.79 Å². The number of amides is 1. The summed E-state index contributed by atoms with van der Waals surface area (Å²) in [5, 5.41) is 8.77. The molecular formula is C23H25N7O. The topological polar surface area (TPSA) is 91.2 Å². The van der Waals surface area contributed by atoms with Gasteiger partial charge in [-0.05, 0) is 55.9 Å². The van der Waals surface area contributed by atoms with Gasteiger partial charge in [0.15, 0.2) is 0 Å². The monoisotopic (exact) mass is 415 g/mol. The molecule has 1 amide bonds. The number of hydrogen-bond donors (Lipinski definition) is 2. The lowest BCUT2D eigenvalue weighted by molar-refractivity contribution is -0.130. The van der Waals surface area contributed by atoms with Gasteiger partial charge < -0.3 is 15.2 Å². The summed E-state index contributed by atoms with van der Waals surface area (Å²) in [5.41, 5.74) is 4.08. The fourth-order valence-electron chi connectivity index (χ4n) is 5.07. The lowest BCUT2D eigenvalue weighted by Crippen LogP contribution is -2.41. The molecule has 1 saturated carbocycles. The van der Waals surface area contributed by atoms with Crippen molar-refractivity contribution in [2.24, 2.45) is 0 Å². The molecular weight excluding hydrogens is 390 g/mol. The Bertz CT molecular complexity index is 1250. The van der Waals surface area contributed by atoms with Crippen molar-refractivity contribution in [2.45, 2.75) is 50.6 Å². The van der Waals surface area contributed by atoms with Gasteiger partial charge in [-0.25, -0.2) is 9.50 Å². The van der Waals surface area contributed by atoms with Crippen LogP contribution in [0.5, 0.6) is 0 Å². The number of nitrogens with zero attached hydrogens (tertiary/aromatic N) is 5. The first kappa shape index (κ1) is 18.4. The van der Waals surface area contributed by atoms with Gasteiger partial charge in [0.2, 0.25) is 11.9 Å². The maximum Gasteiger partial charge on any atom is 0.224 e. The molecule has 0 radical (unpaired) electrons. The summed E-state index contributed by atoms with van der Waals surface area (Å²) in [6.07, 6.45) is 13.6. The second-order valence-electron chi connectivity index (χ2n) is 8.61. The number of likely N-dealkylation sites (tertiary alicyclic amines) is 1. The van der Waals surface area contributed by atoms with Crippen molar-refractivity contribution < 1.29 is 4.79 Å². The molecule has 1 aliphatic heterocycles. The molecule has 0 spiro atoms.